The minimum absolute atomic E-state index is 0. The standard InChI is InChI=1S/C9H6O6.Nd/c10-7(11)4-1-2-5(8(12)13)6(3-4)9(14)15;/h1-3H,(H,10,11)(H,12,13)(H,14,15);/q;+3/p-3. The summed E-state index contributed by atoms with van der Waals surface area (Å²) in [5.41, 5.74) is -1.84. The Morgan fingerprint density at radius 3 is 1.69 bits per heavy atom. The Morgan fingerprint density at radius 1 is 0.812 bits per heavy atom. The van der Waals surface area contributed by atoms with E-state index < -0.39 is 34.6 Å². The predicted molar refractivity (Wildman–Crippen MR) is 39.4 cm³/mol. The number of benzene rings is 1. The van der Waals surface area contributed by atoms with Crippen molar-refractivity contribution in [3.8, 4) is 0 Å². The van der Waals surface area contributed by atoms with Crippen LogP contribution in [0.1, 0.15) is 31.1 Å². The van der Waals surface area contributed by atoms with E-state index in [0.29, 0.717) is 6.07 Å². The molecule has 0 heterocycles. The van der Waals surface area contributed by atoms with Gasteiger partial charge < -0.3 is 29.7 Å². The van der Waals surface area contributed by atoms with Crippen LogP contribution in [0.3, 0.4) is 0 Å². The normalized spacial score (nSPS) is 9.00. The third kappa shape index (κ3) is 3.24. The Balaban J connectivity index is 0.00000225. The second-order valence-electron chi connectivity index (χ2n) is 2.62. The van der Waals surface area contributed by atoms with Gasteiger partial charge in [0.25, 0.3) is 0 Å². The van der Waals surface area contributed by atoms with Gasteiger partial charge in [-0.3, -0.25) is 0 Å². The molecule has 0 aliphatic rings. The first-order chi connectivity index (χ1) is 6.93. The molecular weight excluding hydrogens is 348 g/mol. The first kappa shape index (κ1) is 15.0. The van der Waals surface area contributed by atoms with Crippen molar-refractivity contribution in [2.24, 2.45) is 0 Å². The molecule has 6 nitrogen and oxygen atoms in total. The molecule has 0 aromatic heterocycles. The van der Waals surface area contributed by atoms with E-state index >= 15 is 0 Å². The molecule has 1 aromatic rings. The Bertz CT molecular complexity index is 453. The zero-order valence-electron chi connectivity index (χ0n) is 7.68. The molecule has 0 bridgehead atoms. The van der Waals surface area contributed by atoms with Crippen LogP contribution >= 0.6 is 0 Å². The topological polar surface area (TPSA) is 120 Å². The van der Waals surface area contributed by atoms with Crippen LogP contribution in [-0.2, 0) is 0 Å². The van der Waals surface area contributed by atoms with Crippen LogP contribution in [0.4, 0.5) is 0 Å². The maximum atomic E-state index is 10.5. The van der Waals surface area contributed by atoms with Crippen molar-refractivity contribution in [2.75, 3.05) is 0 Å². The van der Waals surface area contributed by atoms with E-state index in [1.165, 1.54) is 0 Å². The minimum Gasteiger partial charge on any atom is -0.545 e. The van der Waals surface area contributed by atoms with Gasteiger partial charge in [0, 0.05) is 11.1 Å². The molecule has 0 aliphatic heterocycles. The number of rotatable bonds is 3. The molecule has 0 fully saturated rings. The molecule has 79 valence electrons. The minimum atomic E-state index is -1.79. The van der Waals surface area contributed by atoms with E-state index in [-0.39, 0.29) is 40.8 Å². The number of aromatic carboxylic acids is 3. The SMILES string of the molecule is O=C([O-])c1ccc(C(=O)[O-])c(C(=O)[O-])c1.[Nd+3]. The zero-order chi connectivity index (χ0) is 11.6. The second-order valence-corrected chi connectivity index (χ2v) is 2.62. The molecule has 0 saturated heterocycles. The summed E-state index contributed by atoms with van der Waals surface area (Å²) in [6.45, 7) is 0. The van der Waals surface area contributed by atoms with E-state index in [0.717, 1.165) is 12.1 Å². The van der Waals surface area contributed by atoms with Gasteiger partial charge in [-0.15, -0.1) is 0 Å². The fourth-order valence-corrected chi connectivity index (χ4v) is 1.02. The number of hydrogen-bond acceptors (Lipinski definition) is 6. The molecule has 0 atom stereocenters. The van der Waals surface area contributed by atoms with Crippen LogP contribution in [0.2, 0.25) is 0 Å². The van der Waals surface area contributed by atoms with Crippen molar-refractivity contribution >= 4 is 17.9 Å². The van der Waals surface area contributed by atoms with Gasteiger partial charge in [0.2, 0.25) is 0 Å². The Labute approximate surface area is 122 Å². The third-order valence-corrected chi connectivity index (χ3v) is 1.70. The number of hydrogen-bond donors (Lipinski definition) is 0. The van der Waals surface area contributed by atoms with Crippen LogP contribution in [0.25, 0.3) is 0 Å². The number of carboxylic acids is 3. The van der Waals surface area contributed by atoms with Gasteiger partial charge in [0.05, 0.1) is 17.9 Å². The number of carbonyl (C=O) groups is 3. The molecular formula is C9H3NdO6. The van der Waals surface area contributed by atoms with Gasteiger partial charge in [0.15, 0.2) is 0 Å². The Morgan fingerprint density at radius 2 is 1.31 bits per heavy atom. The van der Waals surface area contributed by atoms with E-state index in [1.54, 1.807) is 0 Å². The molecule has 1 radical (unpaired) electrons. The Hall–Kier alpha value is -1.02. The van der Waals surface area contributed by atoms with Crippen molar-refractivity contribution in [1.82, 2.24) is 0 Å². The summed E-state index contributed by atoms with van der Waals surface area (Å²) >= 11 is 0. The van der Waals surface area contributed by atoms with E-state index in [9.17, 15) is 29.7 Å². The summed E-state index contributed by atoms with van der Waals surface area (Å²) in [6.07, 6.45) is 0. The molecule has 0 aliphatic carbocycles. The maximum Gasteiger partial charge on any atom is 3.00 e. The van der Waals surface area contributed by atoms with E-state index in [1.807, 2.05) is 0 Å². The molecule has 0 unspecified atom stereocenters. The third-order valence-electron chi connectivity index (χ3n) is 1.70. The quantitative estimate of drug-likeness (QED) is 0.565. The van der Waals surface area contributed by atoms with Gasteiger partial charge in [0.1, 0.15) is 0 Å². The molecule has 0 saturated carbocycles. The van der Waals surface area contributed by atoms with Gasteiger partial charge in [-0.25, -0.2) is 0 Å². The van der Waals surface area contributed by atoms with Crippen LogP contribution in [0.5, 0.6) is 0 Å². The van der Waals surface area contributed by atoms with Gasteiger partial charge in [-0.1, -0.05) is 12.1 Å². The summed E-state index contributed by atoms with van der Waals surface area (Å²) in [6, 6.07) is 2.37. The van der Waals surface area contributed by atoms with Gasteiger partial charge >= 0.3 is 40.8 Å². The van der Waals surface area contributed by atoms with Crippen LogP contribution in [-0.4, -0.2) is 17.9 Å². The molecule has 0 N–H and O–H groups in total. The summed E-state index contributed by atoms with van der Waals surface area (Å²) < 4.78 is 0. The van der Waals surface area contributed by atoms with Crippen LogP contribution < -0.4 is 15.3 Å². The van der Waals surface area contributed by atoms with Crippen molar-refractivity contribution in [3.05, 3.63) is 34.9 Å². The molecule has 0 amide bonds. The van der Waals surface area contributed by atoms with E-state index in [4.69, 9.17) is 0 Å². The van der Waals surface area contributed by atoms with Crippen molar-refractivity contribution < 1.29 is 70.5 Å². The molecule has 0 spiro atoms. The summed E-state index contributed by atoms with van der Waals surface area (Å²) in [5, 5.41) is 31.3. The fraction of sp³-hybridized carbons (Fsp3) is 0. The predicted octanol–water partition coefficient (Wildman–Crippen LogP) is -3.22. The smallest absolute Gasteiger partial charge is 0.545 e. The average Bonchev–Trinajstić information content (AvgIpc) is 2.16. The summed E-state index contributed by atoms with van der Waals surface area (Å²) in [5.74, 6) is -5.13. The number of carboxylic acid groups (broad SMARTS) is 3. The molecule has 1 aromatic carbocycles. The zero-order valence-corrected chi connectivity index (χ0v) is 10.9. The Kier molecular flexibility index (Phi) is 5.52. The molecule has 16 heavy (non-hydrogen) atoms. The fourth-order valence-electron chi connectivity index (χ4n) is 1.02. The van der Waals surface area contributed by atoms with Crippen LogP contribution in [0, 0.1) is 40.8 Å². The first-order valence-electron chi connectivity index (χ1n) is 3.71. The first-order valence-corrected chi connectivity index (χ1v) is 3.71. The van der Waals surface area contributed by atoms with Gasteiger partial charge in [-0.05, 0) is 11.6 Å². The summed E-state index contributed by atoms with van der Waals surface area (Å²) in [4.78, 5) is 31.3. The average molecular weight is 351 g/mol. The van der Waals surface area contributed by atoms with Gasteiger partial charge in [-0.2, -0.15) is 0 Å². The van der Waals surface area contributed by atoms with Crippen molar-refractivity contribution in [3.63, 3.8) is 0 Å². The monoisotopic (exact) mass is 349 g/mol. The van der Waals surface area contributed by atoms with E-state index in [2.05, 4.69) is 0 Å². The van der Waals surface area contributed by atoms with Crippen molar-refractivity contribution in [2.45, 2.75) is 0 Å². The van der Waals surface area contributed by atoms with Crippen LogP contribution in [0.15, 0.2) is 18.2 Å². The largest absolute Gasteiger partial charge is 3.00 e. The molecule has 7 heteroatoms. The second kappa shape index (κ2) is 5.90. The van der Waals surface area contributed by atoms with Crippen molar-refractivity contribution in [1.29, 1.82) is 0 Å². The maximum absolute atomic E-state index is 10.5. The molecule has 1 rings (SSSR count). The number of carbonyl (C=O) groups excluding carboxylic acids is 3. The summed E-state index contributed by atoms with van der Waals surface area (Å²) in [7, 11) is 0.